The van der Waals surface area contributed by atoms with Crippen molar-refractivity contribution in [2.75, 3.05) is 5.32 Å². The van der Waals surface area contributed by atoms with Gasteiger partial charge in [-0.1, -0.05) is 43.3 Å². The largest absolute Gasteiger partial charge is 0.488 e. The Morgan fingerprint density at radius 2 is 1.68 bits per heavy atom. The van der Waals surface area contributed by atoms with Gasteiger partial charge in [0.1, 0.15) is 12.4 Å². The number of carbonyl (C=O) groups is 2. The molecule has 0 unspecified atom stereocenters. The average Bonchev–Trinajstić information content (AvgIpc) is 2.73. The van der Waals surface area contributed by atoms with Gasteiger partial charge in [0.25, 0.3) is 11.8 Å². The lowest BCUT2D eigenvalue weighted by Gasteiger charge is -2.11. The summed E-state index contributed by atoms with van der Waals surface area (Å²) in [6, 6.07) is 21.8. The van der Waals surface area contributed by atoms with Crippen molar-refractivity contribution < 1.29 is 14.3 Å². The van der Waals surface area contributed by atoms with E-state index in [1.165, 1.54) is 5.56 Å². The highest BCUT2D eigenvalue weighted by molar-refractivity contribution is 6.04. The number of para-hydroxylation sites is 1. The van der Waals surface area contributed by atoms with Gasteiger partial charge in [-0.15, -0.1) is 0 Å². The molecule has 0 aromatic heterocycles. The van der Waals surface area contributed by atoms with Crippen molar-refractivity contribution in [3.63, 3.8) is 0 Å². The van der Waals surface area contributed by atoms with Crippen molar-refractivity contribution in [3.05, 3.63) is 95.1 Å². The van der Waals surface area contributed by atoms with Crippen LogP contribution < -0.4 is 15.8 Å². The number of nitrogens with two attached hydrogens (primary N) is 1. The third-order valence-corrected chi connectivity index (χ3v) is 4.36. The van der Waals surface area contributed by atoms with Crippen LogP contribution in [-0.4, -0.2) is 11.8 Å². The fraction of sp³-hybridized carbons (Fsp3) is 0.130. The van der Waals surface area contributed by atoms with E-state index in [1.807, 2.05) is 30.3 Å². The number of nitrogens with one attached hydrogen (secondary N) is 1. The molecule has 0 heterocycles. The van der Waals surface area contributed by atoms with Crippen LogP contribution in [0.4, 0.5) is 5.69 Å². The van der Waals surface area contributed by atoms with E-state index in [0.29, 0.717) is 16.9 Å². The second-order valence-corrected chi connectivity index (χ2v) is 6.35. The Kier molecular flexibility index (Phi) is 6.07. The van der Waals surface area contributed by atoms with Gasteiger partial charge < -0.3 is 15.8 Å². The molecule has 3 aromatic carbocycles. The maximum absolute atomic E-state index is 12.5. The molecule has 5 heteroatoms. The summed E-state index contributed by atoms with van der Waals surface area (Å²) in [5, 5.41) is 2.89. The molecule has 142 valence electrons. The molecule has 0 aliphatic carbocycles. The second kappa shape index (κ2) is 8.86. The monoisotopic (exact) mass is 374 g/mol. The van der Waals surface area contributed by atoms with E-state index in [4.69, 9.17) is 10.5 Å². The minimum absolute atomic E-state index is 0.191. The molecule has 0 fully saturated rings. The van der Waals surface area contributed by atoms with E-state index >= 15 is 0 Å². The lowest BCUT2D eigenvalue weighted by molar-refractivity contribution is 0.0994. The maximum atomic E-state index is 12.5. The Morgan fingerprint density at radius 3 is 2.39 bits per heavy atom. The van der Waals surface area contributed by atoms with Crippen molar-refractivity contribution in [1.82, 2.24) is 0 Å². The van der Waals surface area contributed by atoms with Gasteiger partial charge in [-0.3, -0.25) is 9.59 Å². The number of amides is 2. The van der Waals surface area contributed by atoms with Crippen LogP contribution in [-0.2, 0) is 13.0 Å². The molecule has 0 atom stereocenters. The topological polar surface area (TPSA) is 81.4 Å². The quantitative estimate of drug-likeness (QED) is 0.651. The Balaban J connectivity index is 1.68. The molecule has 0 spiro atoms. The predicted octanol–water partition coefficient (Wildman–Crippen LogP) is 4.18. The molecule has 0 bridgehead atoms. The van der Waals surface area contributed by atoms with Gasteiger partial charge in [0, 0.05) is 11.3 Å². The summed E-state index contributed by atoms with van der Waals surface area (Å²) in [4.78, 5) is 24.0. The fourth-order valence-corrected chi connectivity index (χ4v) is 2.79. The van der Waals surface area contributed by atoms with Crippen molar-refractivity contribution in [1.29, 1.82) is 0 Å². The second-order valence-electron chi connectivity index (χ2n) is 6.35. The third-order valence-electron chi connectivity index (χ3n) is 4.36. The highest BCUT2D eigenvalue weighted by Crippen LogP contribution is 2.19. The van der Waals surface area contributed by atoms with Crippen LogP contribution in [0.2, 0.25) is 0 Å². The van der Waals surface area contributed by atoms with Crippen LogP contribution in [0.15, 0.2) is 72.8 Å². The van der Waals surface area contributed by atoms with Crippen LogP contribution in [0.1, 0.15) is 38.8 Å². The summed E-state index contributed by atoms with van der Waals surface area (Å²) in [7, 11) is 0. The first kappa shape index (κ1) is 19.2. The van der Waals surface area contributed by atoms with E-state index in [9.17, 15) is 9.59 Å². The zero-order valence-electron chi connectivity index (χ0n) is 15.6. The molecule has 0 aliphatic heterocycles. The highest BCUT2D eigenvalue weighted by Gasteiger charge is 2.10. The molecule has 0 aliphatic rings. The average molecular weight is 374 g/mol. The molecular weight excluding hydrogens is 352 g/mol. The summed E-state index contributed by atoms with van der Waals surface area (Å²) in [6.07, 6.45) is 0.954. The highest BCUT2D eigenvalue weighted by atomic mass is 16.5. The summed E-state index contributed by atoms with van der Waals surface area (Å²) in [6.45, 7) is 2.31. The molecule has 0 radical (unpaired) electrons. The van der Waals surface area contributed by atoms with Crippen LogP contribution in [0.3, 0.4) is 0 Å². The number of aryl methyl sites for hydroxylation is 1. The molecule has 3 rings (SSSR count). The summed E-state index contributed by atoms with van der Waals surface area (Å²) in [5.41, 5.74) is 9.00. The van der Waals surface area contributed by atoms with E-state index in [2.05, 4.69) is 12.2 Å². The molecule has 0 saturated carbocycles. The van der Waals surface area contributed by atoms with E-state index in [1.54, 1.807) is 42.5 Å². The minimum atomic E-state index is -0.544. The van der Waals surface area contributed by atoms with Crippen molar-refractivity contribution >= 4 is 17.5 Å². The zero-order chi connectivity index (χ0) is 19.9. The third kappa shape index (κ3) is 4.76. The van der Waals surface area contributed by atoms with Crippen molar-refractivity contribution in [3.8, 4) is 5.75 Å². The van der Waals surface area contributed by atoms with Gasteiger partial charge in [-0.25, -0.2) is 0 Å². The SMILES string of the molecule is CCc1ccc(NC(=O)c2cccc(COc3ccccc3C(N)=O)c2)cc1. The number of anilines is 1. The van der Waals surface area contributed by atoms with E-state index in [0.717, 1.165) is 17.7 Å². The number of hydrogen-bond donors (Lipinski definition) is 2. The molecule has 28 heavy (non-hydrogen) atoms. The van der Waals surface area contributed by atoms with Crippen LogP contribution in [0, 0.1) is 0 Å². The smallest absolute Gasteiger partial charge is 0.255 e. The van der Waals surface area contributed by atoms with Gasteiger partial charge in [0.2, 0.25) is 0 Å². The van der Waals surface area contributed by atoms with Gasteiger partial charge >= 0.3 is 0 Å². The molecule has 5 nitrogen and oxygen atoms in total. The number of carbonyl (C=O) groups excluding carboxylic acids is 2. The van der Waals surface area contributed by atoms with Gasteiger partial charge in [0.15, 0.2) is 0 Å². The van der Waals surface area contributed by atoms with E-state index in [-0.39, 0.29) is 12.5 Å². The van der Waals surface area contributed by atoms with E-state index < -0.39 is 5.91 Å². The number of hydrogen-bond acceptors (Lipinski definition) is 3. The van der Waals surface area contributed by atoms with Crippen LogP contribution in [0.5, 0.6) is 5.75 Å². The summed E-state index contributed by atoms with van der Waals surface area (Å²) >= 11 is 0. The first-order valence-electron chi connectivity index (χ1n) is 9.07. The lowest BCUT2D eigenvalue weighted by Crippen LogP contribution is -2.13. The summed E-state index contributed by atoms with van der Waals surface area (Å²) in [5.74, 6) is -0.317. The van der Waals surface area contributed by atoms with Crippen molar-refractivity contribution in [2.24, 2.45) is 5.73 Å². The van der Waals surface area contributed by atoms with Crippen LogP contribution >= 0.6 is 0 Å². The number of primary amides is 1. The van der Waals surface area contributed by atoms with Crippen LogP contribution in [0.25, 0.3) is 0 Å². The Labute approximate surface area is 164 Å². The standard InChI is InChI=1S/C23H22N2O3/c1-2-16-10-12-19(13-11-16)25-23(27)18-7-5-6-17(14-18)15-28-21-9-4-3-8-20(21)22(24)26/h3-14H,2,15H2,1H3,(H2,24,26)(H,25,27). The fourth-order valence-electron chi connectivity index (χ4n) is 2.79. The number of benzene rings is 3. The molecular formula is C23H22N2O3. The van der Waals surface area contributed by atoms with Crippen molar-refractivity contribution in [2.45, 2.75) is 20.0 Å². The summed E-state index contributed by atoms with van der Waals surface area (Å²) < 4.78 is 5.73. The van der Waals surface area contributed by atoms with Gasteiger partial charge in [-0.05, 0) is 53.9 Å². The van der Waals surface area contributed by atoms with Gasteiger partial charge in [-0.2, -0.15) is 0 Å². The normalized spacial score (nSPS) is 10.3. The first-order chi connectivity index (χ1) is 13.6. The molecule has 3 N–H and O–H groups in total. The molecule has 2 amide bonds. The number of ether oxygens (including phenoxy) is 1. The number of rotatable bonds is 7. The Morgan fingerprint density at radius 1 is 0.929 bits per heavy atom. The minimum Gasteiger partial charge on any atom is -0.488 e. The Hall–Kier alpha value is -3.60. The lowest BCUT2D eigenvalue weighted by atomic mass is 10.1. The van der Waals surface area contributed by atoms with Gasteiger partial charge in [0.05, 0.1) is 5.56 Å². The molecule has 3 aromatic rings. The predicted molar refractivity (Wildman–Crippen MR) is 110 cm³/mol. The zero-order valence-corrected chi connectivity index (χ0v) is 15.6. The Bertz CT molecular complexity index is 981. The maximum Gasteiger partial charge on any atom is 0.255 e. The first-order valence-corrected chi connectivity index (χ1v) is 9.07. The molecule has 0 saturated heterocycles.